The fourth-order valence-corrected chi connectivity index (χ4v) is 3.51. The maximum atomic E-state index is 9.92. The van der Waals surface area contributed by atoms with Crippen LogP contribution in [0.3, 0.4) is 0 Å². The largest absolute Gasteiger partial charge is 0.393 e. The zero-order chi connectivity index (χ0) is 13.4. The van der Waals surface area contributed by atoms with E-state index in [1.165, 1.54) is 12.0 Å². The van der Waals surface area contributed by atoms with E-state index in [4.69, 9.17) is 11.1 Å². The van der Waals surface area contributed by atoms with E-state index in [9.17, 15) is 5.11 Å². The van der Waals surface area contributed by atoms with E-state index in [0.29, 0.717) is 11.8 Å². The van der Waals surface area contributed by atoms with E-state index >= 15 is 0 Å². The van der Waals surface area contributed by atoms with Crippen LogP contribution in [0.5, 0.6) is 0 Å². The summed E-state index contributed by atoms with van der Waals surface area (Å²) in [6, 6.07) is 7.90. The number of nitrogens with one attached hydrogen (secondary N) is 1. The van der Waals surface area contributed by atoms with Gasteiger partial charge in [0.25, 0.3) is 0 Å². The Morgan fingerprint density at radius 2 is 2.00 bits per heavy atom. The van der Waals surface area contributed by atoms with Gasteiger partial charge in [-0.1, -0.05) is 24.3 Å². The molecule has 1 saturated heterocycles. The fourth-order valence-electron chi connectivity index (χ4n) is 3.51. The maximum Gasteiger partial charge on any atom is 0.122 e. The van der Waals surface area contributed by atoms with Gasteiger partial charge in [0.15, 0.2) is 0 Å². The van der Waals surface area contributed by atoms with Crippen LogP contribution in [0.4, 0.5) is 0 Å². The standard InChI is InChI=1S/C15H21N3O/c16-15(17)11-3-1-10(2-4-11)7-18-8-12-5-6-14(19)13(12)9-18/h1-4,12-14,19H,5-9H2,(H3,16,17). The Morgan fingerprint density at radius 1 is 1.26 bits per heavy atom. The first-order valence-corrected chi connectivity index (χ1v) is 6.97. The first-order valence-electron chi connectivity index (χ1n) is 6.97. The summed E-state index contributed by atoms with van der Waals surface area (Å²) in [6.45, 7) is 3.05. The predicted molar refractivity (Wildman–Crippen MR) is 75.0 cm³/mol. The lowest BCUT2D eigenvalue weighted by molar-refractivity contribution is 0.123. The molecule has 4 N–H and O–H groups in total. The number of aliphatic hydroxyl groups is 1. The molecule has 0 radical (unpaired) electrons. The lowest BCUT2D eigenvalue weighted by atomic mass is 10.00. The summed E-state index contributed by atoms with van der Waals surface area (Å²) < 4.78 is 0. The number of benzene rings is 1. The highest BCUT2D eigenvalue weighted by Gasteiger charge is 2.41. The maximum absolute atomic E-state index is 9.92. The zero-order valence-corrected chi connectivity index (χ0v) is 11.0. The number of hydrogen-bond acceptors (Lipinski definition) is 3. The molecule has 1 aromatic carbocycles. The number of fused-ring (bicyclic) bond motifs is 1. The second kappa shape index (κ2) is 4.94. The first kappa shape index (κ1) is 12.6. The number of nitrogens with two attached hydrogens (primary N) is 1. The number of nitrogens with zero attached hydrogens (tertiary/aromatic N) is 1. The summed E-state index contributed by atoms with van der Waals surface area (Å²) >= 11 is 0. The van der Waals surface area contributed by atoms with Gasteiger partial charge in [0.1, 0.15) is 5.84 Å². The van der Waals surface area contributed by atoms with Crippen molar-refractivity contribution in [3.05, 3.63) is 35.4 Å². The van der Waals surface area contributed by atoms with Gasteiger partial charge in [-0.3, -0.25) is 10.3 Å². The third-order valence-corrected chi connectivity index (χ3v) is 4.57. The van der Waals surface area contributed by atoms with E-state index in [2.05, 4.69) is 4.90 Å². The molecule has 0 bridgehead atoms. The van der Waals surface area contributed by atoms with Crippen LogP contribution in [-0.4, -0.2) is 35.0 Å². The Bertz CT molecular complexity index is 471. The molecule has 1 aliphatic carbocycles. The van der Waals surface area contributed by atoms with E-state index in [1.807, 2.05) is 24.3 Å². The molecule has 102 valence electrons. The molecule has 3 atom stereocenters. The monoisotopic (exact) mass is 259 g/mol. The number of rotatable bonds is 3. The van der Waals surface area contributed by atoms with Crippen molar-refractivity contribution in [1.82, 2.24) is 4.90 Å². The lowest BCUT2D eigenvalue weighted by Crippen LogP contribution is -2.24. The third-order valence-electron chi connectivity index (χ3n) is 4.57. The van der Waals surface area contributed by atoms with E-state index < -0.39 is 0 Å². The average molecular weight is 259 g/mol. The summed E-state index contributed by atoms with van der Waals surface area (Å²) in [7, 11) is 0. The highest BCUT2D eigenvalue weighted by atomic mass is 16.3. The smallest absolute Gasteiger partial charge is 0.122 e. The molecular formula is C15H21N3O. The highest BCUT2D eigenvalue weighted by molar-refractivity contribution is 5.94. The van der Waals surface area contributed by atoms with Gasteiger partial charge in [-0.25, -0.2) is 0 Å². The lowest BCUT2D eigenvalue weighted by Gasteiger charge is -2.18. The molecule has 0 aromatic heterocycles. The average Bonchev–Trinajstić information content (AvgIpc) is 2.93. The van der Waals surface area contributed by atoms with Crippen LogP contribution in [0.25, 0.3) is 0 Å². The van der Waals surface area contributed by atoms with Crippen molar-refractivity contribution in [2.45, 2.75) is 25.5 Å². The van der Waals surface area contributed by atoms with Gasteiger partial charge < -0.3 is 10.8 Å². The third kappa shape index (κ3) is 2.51. The van der Waals surface area contributed by atoms with Crippen molar-refractivity contribution in [3.8, 4) is 0 Å². The van der Waals surface area contributed by atoms with Crippen molar-refractivity contribution in [2.75, 3.05) is 13.1 Å². The molecule has 3 rings (SSSR count). The molecule has 0 amide bonds. The molecule has 1 aliphatic heterocycles. The molecule has 4 nitrogen and oxygen atoms in total. The summed E-state index contributed by atoms with van der Waals surface area (Å²) in [4.78, 5) is 2.43. The normalized spacial score (nSPS) is 30.5. The highest BCUT2D eigenvalue weighted by Crippen LogP contribution is 2.38. The van der Waals surface area contributed by atoms with Crippen LogP contribution >= 0.6 is 0 Å². The quantitative estimate of drug-likeness (QED) is 0.563. The first-order chi connectivity index (χ1) is 9.13. The molecular weight excluding hydrogens is 238 g/mol. The molecule has 2 fully saturated rings. The van der Waals surface area contributed by atoms with Crippen molar-refractivity contribution in [3.63, 3.8) is 0 Å². The van der Waals surface area contributed by atoms with Gasteiger partial charge in [-0.05, 0) is 24.3 Å². The van der Waals surface area contributed by atoms with Crippen molar-refractivity contribution < 1.29 is 5.11 Å². The van der Waals surface area contributed by atoms with Gasteiger partial charge in [-0.2, -0.15) is 0 Å². The number of hydrogen-bond donors (Lipinski definition) is 3. The Kier molecular flexibility index (Phi) is 3.29. The Balaban J connectivity index is 1.62. The Labute approximate surface area is 113 Å². The van der Waals surface area contributed by atoms with Crippen molar-refractivity contribution >= 4 is 5.84 Å². The topological polar surface area (TPSA) is 73.3 Å². The number of aliphatic hydroxyl groups excluding tert-OH is 1. The van der Waals surface area contributed by atoms with Crippen LogP contribution < -0.4 is 5.73 Å². The van der Waals surface area contributed by atoms with Crippen LogP contribution in [0.15, 0.2) is 24.3 Å². The molecule has 1 saturated carbocycles. The summed E-state index contributed by atoms with van der Waals surface area (Å²) in [5, 5.41) is 17.3. The second-order valence-electron chi connectivity index (χ2n) is 5.87. The number of likely N-dealkylation sites (tertiary alicyclic amines) is 1. The SMILES string of the molecule is N=C(N)c1ccc(CN2CC3CCC(O)C3C2)cc1. The fraction of sp³-hybridized carbons (Fsp3) is 0.533. The minimum atomic E-state index is -0.0879. The second-order valence-corrected chi connectivity index (χ2v) is 5.87. The van der Waals surface area contributed by atoms with Gasteiger partial charge >= 0.3 is 0 Å². The molecule has 2 aliphatic rings. The molecule has 1 heterocycles. The Hall–Kier alpha value is -1.39. The van der Waals surface area contributed by atoms with E-state index in [0.717, 1.165) is 31.6 Å². The van der Waals surface area contributed by atoms with Gasteiger partial charge in [0, 0.05) is 31.1 Å². The Morgan fingerprint density at radius 3 is 2.63 bits per heavy atom. The summed E-state index contributed by atoms with van der Waals surface area (Å²) in [6.07, 6.45) is 2.07. The molecule has 4 heteroatoms. The van der Waals surface area contributed by atoms with Crippen LogP contribution in [0, 0.1) is 17.2 Å². The number of nitrogen functional groups attached to an aromatic ring is 1. The molecule has 0 spiro atoms. The van der Waals surface area contributed by atoms with Gasteiger partial charge in [0.05, 0.1) is 6.10 Å². The minimum Gasteiger partial charge on any atom is -0.393 e. The number of amidine groups is 1. The van der Waals surface area contributed by atoms with Crippen LogP contribution in [0.2, 0.25) is 0 Å². The van der Waals surface area contributed by atoms with Crippen molar-refractivity contribution in [2.24, 2.45) is 17.6 Å². The van der Waals surface area contributed by atoms with Crippen molar-refractivity contribution in [1.29, 1.82) is 5.41 Å². The zero-order valence-electron chi connectivity index (χ0n) is 11.0. The molecule has 3 unspecified atom stereocenters. The summed E-state index contributed by atoms with van der Waals surface area (Å²) in [5.41, 5.74) is 7.47. The van der Waals surface area contributed by atoms with Crippen LogP contribution in [-0.2, 0) is 6.54 Å². The molecule has 19 heavy (non-hydrogen) atoms. The van der Waals surface area contributed by atoms with Gasteiger partial charge in [-0.15, -0.1) is 0 Å². The minimum absolute atomic E-state index is 0.0879. The van der Waals surface area contributed by atoms with E-state index in [-0.39, 0.29) is 11.9 Å². The van der Waals surface area contributed by atoms with Gasteiger partial charge in [0.2, 0.25) is 0 Å². The predicted octanol–water partition coefficient (Wildman–Crippen LogP) is 1.17. The summed E-state index contributed by atoms with van der Waals surface area (Å²) in [5.74, 6) is 1.29. The van der Waals surface area contributed by atoms with Crippen LogP contribution in [0.1, 0.15) is 24.0 Å². The molecule has 1 aromatic rings. The van der Waals surface area contributed by atoms with E-state index in [1.54, 1.807) is 0 Å².